The molecule has 112 valence electrons. The molecule has 3 rings (SSSR count). The number of anilines is 1. The molecule has 5 nitrogen and oxygen atoms in total. The second-order valence-corrected chi connectivity index (χ2v) is 5.70. The minimum Gasteiger partial charge on any atom is -0.467 e. The van der Waals surface area contributed by atoms with Crippen LogP contribution in [0.15, 0.2) is 35.2 Å². The average Bonchev–Trinajstić information content (AvgIpc) is 3.22. The number of hydrogen-bond acceptors (Lipinski definition) is 5. The van der Waals surface area contributed by atoms with Crippen LogP contribution in [0.2, 0.25) is 0 Å². The summed E-state index contributed by atoms with van der Waals surface area (Å²) in [6, 6.07) is 4.63. The number of rotatable bonds is 7. The predicted octanol–water partition coefficient (Wildman–Crippen LogP) is 2.52. The van der Waals surface area contributed by atoms with E-state index in [1.165, 1.54) is 12.8 Å². The minimum absolute atomic E-state index is 0.183. The molecule has 5 heteroatoms. The molecule has 1 aliphatic rings. The normalized spacial score (nSPS) is 15.9. The maximum Gasteiger partial charge on any atom is 0.225 e. The van der Waals surface area contributed by atoms with Gasteiger partial charge in [-0.25, -0.2) is 9.97 Å². The molecule has 0 saturated heterocycles. The molecular weight excluding hydrogens is 264 g/mol. The molecule has 0 radical (unpaired) electrons. The van der Waals surface area contributed by atoms with Gasteiger partial charge in [0.15, 0.2) is 0 Å². The highest BCUT2D eigenvalue weighted by Crippen LogP contribution is 2.31. The van der Waals surface area contributed by atoms with Gasteiger partial charge in [0.2, 0.25) is 5.95 Å². The van der Waals surface area contributed by atoms with Gasteiger partial charge < -0.3 is 15.1 Å². The van der Waals surface area contributed by atoms with Gasteiger partial charge >= 0.3 is 0 Å². The summed E-state index contributed by atoms with van der Waals surface area (Å²) in [5.74, 6) is 1.73. The number of nitrogens with zero attached hydrogens (tertiary/aromatic N) is 3. The van der Waals surface area contributed by atoms with Crippen molar-refractivity contribution in [3.63, 3.8) is 0 Å². The Kier molecular flexibility index (Phi) is 4.20. The minimum atomic E-state index is 0.183. The zero-order valence-corrected chi connectivity index (χ0v) is 12.4. The van der Waals surface area contributed by atoms with E-state index in [0.29, 0.717) is 6.04 Å². The van der Waals surface area contributed by atoms with Crippen LogP contribution in [-0.2, 0) is 13.0 Å². The Morgan fingerprint density at radius 3 is 2.71 bits per heavy atom. The van der Waals surface area contributed by atoms with E-state index in [2.05, 4.69) is 21.8 Å². The van der Waals surface area contributed by atoms with Crippen LogP contribution in [0.1, 0.15) is 37.5 Å². The zero-order valence-electron chi connectivity index (χ0n) is 12.4. The van der Waals surface area contributed by atoms with E-state index in [0.717, 1.165) is 36.7 Å². The van der Waals surface area contributed by atoms with Gasteiger partial charge in [0.1, 0.15) is 5.76 Å². The molecule has 2 heterocycles. The van der Waals surface area contributed by atoms with Crippen LogP contribution >= 0.6 is 0 Å². The van der Waals surface area contributed by atoms with Gasteiger partial charge in [-0.15, -0.1) is 0 Å². The standard InChI is InChI=1S/C16H22N4O/c1-2-13(17)8-12-9-18-16(19-10-12)20(14-5-6-14)11-15-4-3-7-21-15/h3-4,7,9-10,13-14H,2,5-6,8,11,17H2,1H3. The number of aromatic nitrogens is 2. The molecule has 0 aliphatic heterocycles. The van der Waals surface area contributed by atoms with Crippen LogP contribution in [0.4, 0.5) is 5.95 Å². The fourth-order valence-corrected chi connectivity index (χ4v) is 2.37. The maximum atomic E-state index is 5.97. The highest BCUT2D eigenvalue weighted by atomic mass is 16.3. The van der Waals surface area contributed by atoms with E-state index in [9.17, 15) is 0 Å². The summed E-state index contributed by atoms with van der Waals surface area (Å²) in [5, 5.41) is 0. The van der Waals surface area contributed by atoms with Crippen molar-refractivity contribution in [1.29, 1.82) is 0 Å². The fraction of sp³-hybridized carbons (Fsp3) is 0.500. The van der Waals surface area contributed by atoms with Gasteiger partial charge in [0, 0.05) is 24.5 Å². The van der Waals surface area contributed by atoms with Crippen LogP contribution in [0.5, 0.6) is 0 Å². The molecule has 1 unspecified atom stereocenters. The van der Waals surface area contributed by atoms with Crippen LogP contribution < -0.4 is 10.6 Å². The molecule has 0 aromatic carbocycles. The lowest BCUT2D eigenvalue weighted by Crippen LogP contribution is -2.27. The van der Waals surface area contributed by atoms with Crippen molar-refractivity contribution in [3.05, 3.63) is 42.1 Å². The maximum absolute atomic E-state index is 5.97. The van der Waals surface area contributed by atoms with Crippen molar-refractivity contribution in [3.8, 4) is 0 Å². The second kappa shape index (κ2) is 6.26. The zero-order chi connectivity index (χ0) is 14.7. The summed E-state index contributed by atoms with van der Waals surface area (Å²) in [6.07, 6.45) is 9.70. The van der Waals surface area contributed by atoms with Gasteiger partial charge in [-0.1, -0.05) is 6.92 Å². The Bertz CT molecular complexity index is 548. The summed E-state index contributed by atoms with van der Waals surface area (Å²) >= 11 is 0. The van der Waals surface area contributed by atoms with Gasteiger partial charge in [-0.05, 0) is 43.4 Å². The first-order chi connectivity index (χ1) is 10.3. The van der Waals surface area contributed by atoms with Gasteiger partial charge in [0.05, 0.1) is 12.8 Å². The smallest absolute Gasteiger partial charge is 0.225 e. The Morgan fingerprint density at radius 1 is 1.38 bits per heavy atom. The summed E-state index contributed by atoms with van der Waals surface area (Å²) < 4.78 is 5.44. The summed E-state index contributed by atoms with van der Waals surface area (Å²) in [6.45, 7) is 2.82. The molecule has 2 aromatic rings. The molecule has 1 atom stereocenters. The average molecular weight is 286 g/mol. The summed E-state index contributed by atoms with van der Waals surface area (Å²) in [7, 11) is 0. The quantitative estimate of drug-likeness (QED) is 0.847. The largest absolute Gasteiger partial charge is 0.467 e. The number of hydrogen-bond donors (Lipinski definition) is 1. The van der Waals surface area contributed by atoms with E-state index >= 15 is 0 Å². The second-order valence-electron chi connectivity index (χ2n) is 5.70. The first-order valence-corrected chi connectivity index (χ1v) is 7.61. The third-order valence-corrected chi connectivity index (χ3v) is 3.86. The van der Waals surface area contributed by atoms with Crippen LogP contribution in [-0.4, -0.2) is 22.1 Å². The summed E-state index contributed by atoms with van der Waals surface area (Å²) in [4.78, 5) is 11.3. The third kappa shape index (κ3) is 3.61. The Morgan fingerprint density at radius 2 is 2.14 bits per heavy atom. The lowest BCUT2D eigenvalue weighted by molar-refractivity contribution is 0.499. The molecule has 0 spiro atoms. The highest BCUT2D eigenvalue weighted by molar-refractivity contribution is 5.35. The van der Waals surface area contributed by atoms with E-state index in [1.54, 1.807) is 6.26 Å². The van der Waals surface area contributed by atoms with Gasteiger partial charge in [-0.3, -0.25) is 0 Å². The van der Waals surface area contributed by atoms with Crippen molar-refractivity contribution < 1.29 is 4.42 Å². The molecule has 0 bridgehead atoms. The van der Waals surface area contributed by atoms with Crippen molar-refractivity contribution in [2.24, 2.45) is 5.73 Å². The van der Waals surface area contributed by atoms with Crippen molar-refractivity contribution in [1.82, 2.24) is 9.97 Å². The van der Waals surface area contributed by atoms with E-state index in [4.69, 9.17) is 10.2 Å². The van der Waals surface area contributed by atoms with Crippen molar-refractivity contribution in [2.75, 3.05) is 4.90 Å². The molecule has 2 aromatic heterocycles. The lowest BCUT2D eigenvalue weighted by atomic mass is 10.1. The van der Waals surface area contributed by atoms with Crippen LogP contribution in [0.25, 0.3) is 0 Å². The summed E-state index contributed by atoms with van der Waals surface area (Å²) in [5.41, 5.74) is 7.07. The molecule has 1 fully saturated rings. The van der Waals surface area contributed by atoms with E-state index in [-0.39, 0.29) is 6.04 Å². The topological polar surface area (TPSA) is 68.2 Å². The van der Waals surface area contributed by atoms with Crippen molar-refractivity contribution >= 4 is 5.95 Å². The first kappa shape index (κ1) is 14.1. The molecule has 0 amide bonds. The van der Waals surface area contributed by atoms with Crippen LogP contribution in [0, 0.1) is 0 Å². The van der Waals surface area contributed by atoms with E-state index in [1.807, 2.05) is 24.5 Å². The molecule has 2 N–H and O–H groups in total. The number of furan rings is 1. The fourth-order valence-electron chi connectivity index (χ4n) is 2.37. The molecule has 1 saturated carbocycles. The molecular formula is C16H22N4O. The Hall–Kier alpha value is -1.88. The molecule has 1 aliphatic carbocycles. The third-order valence-electron chi connectivity index (χ3n) is 3.86. The molecule has 21 heavy (non-hydrogen) atoms. The SMILES string of the molecule is CCC(N)Cc1cnc(N(Cc2ccco2)C2CC2)nc1. The van der Waals surface area contributed by atoms with Gasteiger partial charge in [-0.2, -0.15) is 0 Å². The Balaban J connectivity index is 1.71. The Labute approximate surface area is 125 Å². The van der Waals surface area contributed by atoms with Gasteiger partial charge in [0.25, 0.3) is 0 Å². The van der Waals surface area contributed by atoms with Crippen LogP contribution in [0.3, 0.4) is 0 Å². The predicted molar refractivity (Wildman–Crippen MR) is 81.9 cm³/mol. The van der Waals surface area contributed by atoms with Crippen molar-refractivity contribution in [2.45, 2.75) is 51.2 Å². The lowest BCUT2D eigenvalue weighted by Gasteiger charge is -2.21. The number of nitrogens with two attached hydrogens (primary N) is 1. The monoisotopic (exact) mass is 286 g/mol. The highest BCUT2D eigenvalue weighted by Gasteiger charge is 2.31. The first-order valence-electron chi connectivity index (χ1n) is 7.61. The van der Waals surface area contributed by atoms with E-state index < -0.39 is 0 Å².